The van der Waals surface area contributed by atoms with Crippen molar-refractivity contribution in [1.29, 1.82) is 0 Å². The number of Topliss-reactive ketones (excluding diaryl/α,β-unsaturated/α-hetero) is 1. The van der Waals surface area contributed by atoms with Gasteiger partial charge in [0.1, 0.15) is 29.6 Å². The average molecular weight is 403 g/mol. The molecule has 0 aromatic rings. The molecule has 1 aliphatic carbocycles. The van der Waals surface area contributed by atoms with Crippen LogP contribution in [0, 0.1) is 11.8 Å². The average Bonchev–Trinajstić information content (AvgIpc) is 3.23. The van der Waals surface area contributed by atoms with E-state index in [9.17, 15) is 19.8 Å². The van der Waals surface area contributed by atoms with Gasteiger partial charge in [-0.25, -0.2) is 0 Å². The zero-order valence-corrected chi connectivity index (χ0v) is 16.6. The maximum absolute atomic E-state index is 11.4. The van der Waals surface area contributed by atoms with Crippen LogP contribution in [-0.2, 0) is 19.1 Å². The van der Waals surface area contributed by atoms with Gasteiger partial charge in [0.25, 0.3) is 0 Å². The van der Waals surface area contributed by atoms with Crippen LogP contribution in [0.5, 0.6) is 0 Å². The molecule has 0 aromatic carbocycles. The lowest BCUT2D eigenvalue weighted by Gasteiger charge is -2.46. The molecule has 8 nitrogen and oxygen atoms in total. The van der Waals surface area contributed by atoms with Crippen molar-refractivity contribution in [3.63, 3.8) is 0 Å². The summed E-state index contributed by atoms with van der Waals surface area (Å²) < 4.78 is 11.8. The van der Waals surface area contributed by atoms with Gasteiger partial charge in [-0.2, -0.15) is 11.8 Å². The van der Waals surface area contributed by atoms with Crippen LogP contribution in [0.15, 0.2) is 0 Å². The van der Waals surface area contributed by atoms with E-state index in [1.807, 2.05) is 0 Å². The molecule has 154 valence electrons. The Morgan fingerprint density at radius 2 is 2.07 bits per heavy atom. The molecule has 3 aliphatic rings. The fourth-order valence-electron chi connectivity index (χ4n) is 4.47. The number of rotatable bonds is 7. The molecule has 0 spiro atoms. The standard InChI is InChI=1S/C18H30N2O6S/c1-9(21)13(19)7-27-6-11-3-4-12(5-11)18-8-25-17(26-18)14(20-10(2)22)15(23)16(18)24/h11-17,23-24H,3-8,19H2,1-2H3,(H,20,22)/t11?,12?,13?,14-,15?,16?,17-,18+/m0/s1. The van der Waals surface area contributed by atoms with Gasteiger partial charge in [0, 0.05) is 12.7 Å². The minimum Gasteiger partial charge on any atom is -0.388 e. The van der Waals surface area contributed by atoms with Gasteiger partial charge < -0.3 is 30.7 Å². The van der Waals surface area contributed by atoms with Crippen LogP contribution in [0.2, 0.25) is 0 Å². The van der Waals surface area contributed by atoms with Gasteiger partial charge in [0.15, 0.2) is 6.29 Å². The van der Waals surface area contributed by atoms with E-state index in [-0.39, 0.29) is 24.2 Å². The summed E-state index contributed by atoms with van der Waals surface area (Å²) in [6.45, 7) is 3.08. The van der Waals surface area contributed by atoms with Crippen LogP contribution < -0.4 is 11.1 Å². The fourth-order valence-corrected chi connectivity index (χ4v) is 5.73. The largest absolute Gasteiger partial charge is 0.388 e. The van der Waals surface area contributed by atoms with Crippen LogP contribution in [0.3, 0.4) is 0 Å². The van der Waals surface area contributed by atoms with Crippen LogP contribution in [-0.4, -0.2) is 76.2 Å². The molecule has 1 amide bonds. The monoisotopic (exact) mass is 402 g/mol. The molecular formula is C18H30N2O6S. The Kier molecular flexibility index (Phi) is 6.49. The van der Waals surface area contributed by atoms with Gasteiger partial charge in [0.2, 0.25) is 5.91 Å². The van der Waals surface area contributed by atoms with E-state index in [0.717, 1.165) is 25.0 Å². The number of nitrogens with one attached hydrogen (secondary N) is 1. The van der Waals surface area contributed by atoms with Crippen molar-refractivity contribution in [2.24, 2.45) is 17.6 Å². The molecule has 3 fully saturated rings. The van der Waals surface area contributed by atoms with Crippen molar-refractivity contribution in [1.82, 2.24) is 5.32 Å². The second kappa shape index (κ2) is 8.34. The molecular weight excluding hydrogens is 372 g/mol. The normalized spacial score (nSPS) is 42.1. The Labute approximate surface area is 163 Å². The summed E-state index contributed by atoms with van der Waals surface area (Å²) in [6, 6.07) is -1.19. The molecule has 27 heavy (non-hydrogen) atoms. The van der Waals surface area contributed by atoms with Gasteiger partial charge in [0.05, 0.1) is 12.6 Å². The van der Waals surface area contributed by atoms with E-state index < -0.39 is 36.2 Å². The van der Waals surface area contributed by atoms with Crippen LogP contribution in [0.4, 0.5) is 0 Å². The number of nitrogens with two attached hydrogens (primary N) is 1. The summed E-state index contributed by atoms with van der Waals surface area (Å²) >= 11 is 1.68. The van der Waals surface area contributed by atoms with E-state index in [1.165, 1.54) is 13.8 Å². The molecule has 0 radical (unpaired) electrons. The van der Waals surface area contributed by atoms with E-state index in [4.69, 9.17) is 15.2 Å². The van der Waals surface area contributed by atoms with Crippen LogP contribution in [0.25, 0.3) is 0 Å². The van der Waals surface area contributed by atoms with Crippen LogP contribution in [0.1, 0.15) is 33.1 Å². The van der Waals surface area contributed by atoms with Crippen molar-refractivity contribution in [3.05, 3.63) is 0 Å². The molecule has 2 heterocycles. The number of hydrogen-bond donors (Lipinski definition) is 4. The summed E-state index contributed by atoms with van der Waals surface area (Å²) in [5, 5.41) is 23.9. The summed E-state index contributed by atoms with van der Waals surface area (Å²) in [5.41, 5.74) is 4.85. The summed E-state index contributed by atoms with van der Waals surface area (Å²) in [4.78, 5) is 22.6. The Hall–Kier alpha value is -0.710. The summed E-state index contributed by atoms with van der Waals surface area (Å²) in [5.74, 6) is 1.75. The SMILES string of the molecule is CC(=O)N[C@H]1C(O)C(O)[C@]2(C3CCC(CSCC(N)C(C)=O)C3)CO[C@H]1O2. The van der Waals surface area contributed by atoms with Crippen molar-refractivity contribution >= 4 is 23.5 Å². The molecule has 2 bridgehead atoms. The number of thioether (sulfide) groups is 1. The van der Waals surface area contributed by atoms with Gasteiger partial charge >= 0.3 is 0 Å². The number of ketones is 1. The number of carbonyl (C=O) groups is 2. The summed E-state index contributed by atoms with van der Waals surface area (Å²) in [7, 11) is 0. The second-order valence-electron chi connectivity index (χ2n) is 8.04. The maximum atomic E-state index is 11.4. The van der Waals surface area contributed by atoms with Crippen LogP contribution >= 0.6 is 11.8 Å². The Bertz CT molecular complexity index is 578. The molecule has 5 unspecified atom stereocenters. The van der Waals surface area contributed by atoms with Crippen molar-refractivity contribution in [2.45, 2.75) is 69.3 Å². The minimum absolute atomic E-state index is 0.00118. The third kappa shape index (κ3) is 4.18. The highest BCUT2D eigenvalue weighted by Crippen LogP contribution is 2.49. The van der Waals surface area contributed by atoms with Crippen molar-refractivity contribution in [2.75, 3.05) is 18.1 Å². The predicted octanol–water partition coefficient (Wildman–Crippen LogP) is -0.596. The van der Waals surface area contributed by atoms with E-state index in [0.29, 0.717) is 11.7 Å². The number of hydrogen-bond acceptors (Lipinski definition) is 8. The Morgan fingerprint density at radius 3 is 2.74 bits per heavy atom. The summed E-state index contributed by atoms with van der Waals surface area (Å²) in [6.07, 6.45) is -0.232. The predicted molar refractivity (Wildman–Crippen MR) is 100.0 cm³/mol. The Morgan fingerprint density at radius 1 is 1.33 bits per heavy atom. The van der Waals surface area contributed by atoms with Crippen molar-refractivity contribution in [3.8, 4) is 0 Å². The number of fused-ring (bicyclic) bond motifs is 2. The number of amides is 1. The molecule has 3 rings (SSSR count). The van der Waals surface area contributed by atoms with Gasteiger partial charge in [-0.05, 0) is 43.8 Å². The highest BCUT2D eigenvalue weighted by molar-refractivity contribution is 7.99. The second-order valence-corrected chi connectivity index (χ2v) is 9.12. The third-order valence-electron chi connectivity index (χ3n) is 6.07. The van der Waals surface area contributed by atoms with Crippen molar-refractivity contribution < 1.29 is 29.3 Å². The number of ether oxygens (including phenoxy) is 2. The molecule has 2 saturated heterocycles. The smallest absolute Gasteiger partial charge is 0.217 e. The molecule has 5 N–H and O–H groups in total. The lowest BCUT2D eigenvalue weighted by atomic mass is 9.77. The highest BCUT2D eigenvalue weighted by atomic mass is 32.2. The fraction of sp³-hybridized carbons (Fsp3) is 0.889. The number of aliphatic hydroxyl groups excluding tert-OH is 2. The zero-order valence-electron chi connectivity index (χ0n) is 15.8. The lowest BCUT2D eigenvalue weighted by molar-refractivity contribution is -0.239. The highest BCUT2D eigenvalue weighted by Gasteiger charge is 2.63. The number of aliphatic hydroxyl groups is 2. The molecule has 9 heteroatoms. The Balaban J connectivity index is 1.57. The first-order chi connectivity index (χ1) is 12.7. The van der Waals surface area contributed by atoms with Gasteiger partial charge in [-0.1, -0.05) is 0 Å². The van der Waals surface area contributed by atoms with E-state index in [2.05, 4.69) is 5.32 Å². The lowest BCUT2D eigenvalue weighted by Crippen LogP contribution is -2.67. The third-order valence-corrected chi connectivity index (χ3v) is 7.37. The first-order valence-electron chi connectivity index (χ1n) is 9.51. The van der Waals surface area contributed by atoms with E-state index >= 15 is 0 Å². The molecule has 2 aliphatic heterocycles. The van der Waals surface area contributed by atoms with Gasteiger partial charge in [-0.15, -0.1) is 0 Å². The minimum atomic E-state index is -1.13. The van der Waals surface area contributed by atoms with E-state index in [1.54, 1.807) is 11.8 Å². The first-order valence-corrected chi connectivity index (χ1v) is 10.7. The maximum Gasteiger partial charge on any atom is 0.217 e. The topological polar surface area (TPSA) is 131 Å². The molecule has 8 atom stereocenters. The first kappa shape index (κ1) is 21.0. The molecule has 0 aromatic heterocycles. The van der Waals surface area contributed by atoms with Gasteiger partial charge in [-0.3, -0.25) is 9.59 Å². The quantitative estimate of drug-likeness (QED) is 0.444. The zero-order chi connectivity index (χ0) is 19.8. The molecule has 1 saturated carbocycles. The number of carbonyl (C=O) groups excluding carboxylic acids is 2.